The Labute approximate surface area is 160 Å². The molecule has 0 saturated heterocycles. The standard InChI is InChI=1S/C18H11F3N4O2S/c19-18(20,21)13-7-12(5-6-15(13)26)24-17-25-14(9-28-17)16(27)23-11-3-1-10(8-22)2-4-11/h1-7,9,26H,(H,23,27)(H,24,25). The van der Waals surface area contributed by atoms with Crippen molar-refractivity contribution in [3.05, 3.63) is 64.7 Å². The van der Waals surface area contributed by atoms with Crippen molar-refractivity contribution < 1.29 is 23.1 Å². The van der Waals surface area contributed by atoms with Crippen LogP contribution < -0.4 is 10.6 Å². The van der Waals surface area contributed by atoms with Gasteiger partial charge in [0.2, 0.25) is 0 Å². The van der Waals surface area contributed by atoms with E-state index in [4.69, 9.17) is 5.26 Å². The van der Waals surface area contributed by atoms with Gasteiger partial charge in [0.05, 0.1) is 17.2 Å². The highest BCUT2D eigenvalue weighted by Crippen LogP contribution is 2.37. The Kier molecular flexibility index (Phi) is 5.19. The zero-order chi connectivity index (χ0) is 20.3. The fourth-order valence-corrected chi connectivity index (χ4v) is 2.93. The molecular weight excluding hydrogens is 393 g/mol. The molecule has 0 radical (unpaired) electrons. The van der Waals surface area contributed by atoms with E-state index in [2.05, 4.69) is 15.6 Å². The summed E-state index contributed by atoms with van der Waals surface area (Å²) in [5, 5.41) is 25.1. The second-order valence-electron chi connectivity index (χ2n) is 5.54. The number of carbonyl (C=O) groups excluding carboxylic acids is 1. The van der Waals surface area contributed by atoms with E-state index in [1.54, 1.807) is 24.3 Å². The molecule has 1 aromatic heterocycles. The lowest BCUT2D eigenvalue weighted by Gasteiger charge is -2.11. The summed E-state index contributed by atoms with van der Waals surface area (Å²) < 4.78 is 38.6. The molecule has 142 valence electrons. The number of anilines is 3. The molecule has 6 nitrogen and oxygen atoms in total. The monoisotopic (exact) mass is 404 g/mol. The van der Waals surface area contributed by atoms with E-state index >= 15 is 0 Å². The maximum Gasteiger partial charge on any atom is 0.420 e. The third kappa shape index (κ3) is 4.39. The molecule has 0 aliphatic rings. The van der Waals surface area contributed by atoms with Crippen molar-refractivity contribution in [2.75, 3.05) is 10.6 Å². The van der Waals surface area contributed by atoms with Gasteiger partial charge in [-0.15, -0.1) is 11.3 Å². The Morgan fingerprint density at radius 2 is 1.82 bits per heavy atom. The molecule has 0 fully saturated rings. The number of alkyl halides is 3. The van der Waals surface area contributed by atoms with E-state index in [9.17, 15) is 23.1 Å². The number of carbonyl (C=O) groups is 1. The van der Waals surface area contributed by atoms with Crippen LogP contribution in [0.3, 0.4) is 0 Å². The summed E-state index contributed by atoms with van der Waals surface area (Å²) in [5.74, 6) is -1.38. The highest BCUT2D eigenvalue weighted by molar-refractivity contribution is 7.14. The number of aromatic nitrogens is 1. The Morgan fingerprint density at radius 1 is 1.14 bits per heavy atom. The van der Waals surface area contributed by atoms with E-state index in [0.717, 1.165) is 23.5 Å². The SMILES string of the molecule is N#Cc1ccc(NC(=O)c2csc(Nc3ccc(O)c(C(F)(F)F)c3)n2)cc1. The largest absolute Gasteiger partial charge is 0.507 e. The normalized spacial score (nSPS) is 10.9. The second kappa shape index (κ2) is 7.58. The molecule has 1 amide bonds. The Morgan fingerprint density at radius 3 is 2.46 bits per heavy atom. The van der Waals surface area contributed by atoms with Gasteiger partial charge in [-0.1, -0.05) is 0 Å². The van der Waals surface area contributed by atoms with E-state index in [-0.39, 0.29) is 16.5 Å². The molecule has 0 spiro atoms. The first-order valence-corrected chi connectivity index (χ1v) is 8.58. The van der Waals surface area contributed by atoms with Crippen LogP contribution in [-0.2, 0) is 6.18 Å². The average Bonchev–Trinajstić information content (AvgIpc) is 3.12. The number of phenols is 1. The minimum atomic E-state index is -4.70. The van der Waals surface area contributed by atoms with Crippen LogP contribution in [0.4, 0.5) is 29.7 Å². The summed E-state index contributed by atoms with van der Waals surface area (Å²) in [6.45, 7) is 0. The van der Waals surface area contributed by atoms with Gasteiger partial charge in [0.25, 0.3) is 5.91 Å². The van der Waals surface area contributed by atoms with Crippen molar-refractivity contribution in [1.82, 2.24) is 4.98 Å². The number of rotatable bonds is 4. The molecular formula is C18H11F3N4O2S. The molecule has 0 atom stereocenters. The summed E-state index contributed by atoms with van der Waals surface area (Å²) >= 11 is 1.04. The van der Waals surface area contributed by atoms with Crippen molar-refractivity contribution in [3.8, 4) is 11.8 Å². The van der Waals surface area contributed by atoms with E-state index in [0.29, 0.717) is 11.3 Å². The smallest absolute Gasteiger partial charge is 0.420 e. The van der Waals surface area contributed by atoms with Crippen molar-refractivity contribution in [3.63, 3.8) is 0 Å². The minimum Gasteiger partial charge on any atom is -0.507 e. The van der Waals surface area contributed by atoms with Crippen molar-refractivity contribution in [2.24, 2.45) is 0 Å². The third-order valence-electron chi connectivity index (χ3n) is 3.56. The lowest BCUT2D eigenvalue weighted by Crippen LogP contribution is -2.12. The molecule has 0 aliphatic carbocycles. The first kappa shape index (κ1) is 19.2. The molecule has 0 aliphatic heterocycles. The van der Waals surface area contributed by atoms with Gasteiger partial charge in [-0.05, 0) is 42.5 Å². The first-order valence-electron chi connectivity index (χ1n) is 7.70. The number of nitrogens with one attached hydrogen (secondary N) is 2. The Bertz CT molecular complexity index is 1060. The topological polar surface area (TPSA) is 98.0 Å². The summed E-state index contributed by atoms with van der Waals surface area (Å²) in [6.07, 6.45) is -4.70. The van der Waals surface area contributed by atoms with Crippen LogP contribution in [0.2, 0.25) is 0 Å². The number of halogens is 3. The number of nitriles is 1. The second-order valence-corrected chi connectivity index (χ2v) is 6.39. The quantitative estimate of drug-likeness (QED) is 0.546. The maximum atomic E-state index is 12.9. The minimum absolute atomic E-state index is 0.0681. The van der Waals surface area contributed by atoms with Gasteiger partial charge in [0, 0.05) is 16.8 Å². The summed E-state index contributed by atoms with van der Waals surface area (Å²) in [4.78, 5) is 16.3. The maximum absolute atomic E-state index is 12.9. The Hall–Kier alpha value is -3.58. The highest BCUT2D eigenvalue weighted by atomic mass is 32.1. The number of amides is 1. The number of hydrogen-bond donors (Lipinski definition) is 3. The Balaban J connectivity index is 1.72. The third-order valence-corrected chi connectivity index (χ3v) is 4.32. The predicted molar refractivity (Wildman–Crippen MR) is 97.6 cm³/mol. The molecule has 10 heteroatoms. The molecule has 2 aromatic carbocycles. The van der Waals surface area contributed by atoms with Gasteiger partial charge in [0.15, 0.2) is 5.13 Å². The number of thiazole rings is 1. The molecule has 0 saturated carbocycles. The van der Waals surface area contributed by atoms with Crippen LogP contribution in [0, 0.1) is 11.3 Å². The van der Waals surface area contributed by atoms with E-state index in [1.807, 2.05) is 6.07 Å². The van der Waals surface area contributed by atoms with Crippen molar-refractivity contribution >= 4 is 33.8 Å². The summed E-state index contributed by atoms with van der Waals surface area (Å²) in [6, 6.07) is 11.1. The van der Waals surface area contributed by atoms with E-state index in [1.165, 1.54) is 11.4 Å². The summed E-state index contributed by atoms with van der Waals surface area (Å²) in [5.41, 5.74) is -0.108. The molecule has 3 N–H and O–H groups in total. The number of aromatic hydroxyl groups is 1. The van der Waals surface area contributed by atoms with Gasteiger partial charge in [-0.3, -0.25) is 4.79 Å². The van der Waals surface area contributed by atoms with Gasteiger partial charge in [0.1, 0.15) is 11.4 Å². The van der Waals surface area contributed by atoms with Gasteiger partial charge in [-0.2, -0.15) is 18.4 Å². The number of hydrogen-bond acceptors (Lipinski definition) is 6. The van der Waals surface area contributed by atoms with Gasteiger partial charge in [-0.25, -0.2) is 4.98 Å². The van der Waals surface area contributed by atoms with Crippen LogP contribution in [0.5, 0.6) is 5.75 Å². The molecule has 28 heavy (non-hydrogen) atoms. The first-order chi connectivity index (χ1) is 13.3. The highest BCUT2D eigenvalue weighted by Gasteiger charge is 2.34. The lowest BCUT2D eigenvalue weighted by molar-refractivity contribution is -0.138. The van der Waals surface area contributed by atoms with Crippen LogP contribution in [0.1, 0.15) is 21.6 Å². The zero-order valence-electron chi connectivity index (χ0n) is 13.9. The molecule has 3 rings (SSSR count). The van der Waals surface area contributed by atoms with Crippen molar-refractivity contribution in [2.45, 2.75) is 6.18 Å². The van der Waals surface area contributed by atoms with Crippen molar-refractivity contribution in [1.29, 1.82) is 5.26 Å². The molecule has 1 heterocycles. The average molecular weight is 404 g/mol. The van der Waals surface area contributed by atoms with Crippen LogP contribution in [0.15, 0.2) is 47.8 Å². The van der Waals surface area contributed by atoms with E-state index < -0.39 is 23.4 Å². The van der Waals surface area contributed by atoms with Crippen LogP contribution >= 0.6 is 11.3 Å². The number of nitrogens with zero attached hydrogens (tertiary/aromatic N) is 2. The predicted octanol–water partition coefficient (Wildman–Crippen LogP) is 4.74. The van der Waals surface area contributed by atoms with Gasteiger partial charge >= 0.3 is 6.18 Å². The molecule has 0 bridgehead atoms. The lowest BCUT2D eigenvalue weighted by atomic mass is 10.1. The molecule has 3 aromatic rings. The van der Waals surface area contributed by atoms with Crippen LogP contribution in [-0.4, -0.2) is 16.0 Å². The fraction of sp³-hybridized carbons (Fsp3) is 0.0556. The number of benzene rings is 2. The van der Waals surface area contributed by atoms with Crippen LogP contribution in [0.25, 0.3) is 0 Å². The molecule has 0 unspecified atom stereocenters. The number of phenolic OH excluding ortho intramolecular Hbond substituents is 1. The van der Waals surface area contributed by atoms with Gasteiger partial charge < -0.3 is 15.7 Å². The summed E-state index contributed by atoms with van der Waals surface area (Å²) in [7, 11) is 0. The fourth-order valence-electron chi connectivity index (χ4n) is 2.22. The zero-order valence-corrected chi connectivity index (χ0v) is 14.7.